The van der Waals surface area contributed by atoms with Crippen molar-refractivity contribution in [1.82, 2.24) is 40.1 Å². The highest BCUT2D eigenvalue weighted by Crippen LogP contribution is 2.37. The molecule has 10 nitrogen and oxygen atoms in total. The number of fused-ring (bicyclic) bond motifs is 1. The van der Waals surface area contributed by atoms with Gasteiger partial charge in [0.2, 0.25) is 0 Å². The molecular weight excluding hydrogens is 535 g/mol. The Morgan fingerprint density at radius 1 is 1.05 bits per heavy atom. The van der Waals surface area contributed by atoms with Crippen LogP contribution < -0.4 is 10.6 Å². The number of carbonyl (C=O) groups excluding carboxylic acids is 1. The van der Waals surface area contributed by atoms with Crippen LogP contribution in [0.5, 0.6) is 0 Å². The Hall–Kier alpha value is -4.36. The summed E-state index contributed by atoms with van der Waals surface area (Å²) in [5, 5.41) is 18.9. The van der Waals surface area contributed by atoms with E-state index in [1.807, 2.05) is 6.07 Å². The van der Waals surface area contributed by atoms with Crippen molar-refractivity contribution in [3.63, 3.8) is 0 Å². The predicted octanol–water partition coefficient (Wildman–Crippen LogP) is 4.99. The Morgan fingerprint density at radius 2 is 1.82 bits per heavy atom. The molecule has 0 saturated carbocycles. The molecular formula is C25H21ClF3N9O. The van der Waals surface area contributed by atoms with E-state index >= 15 is 0 Å². The van der Waals surface area contributed by atoms with Gasteiger partial charge in [0.05, 0.1) is 58.5 Å². The molecule has 39 heavy (non-hydrogen) atoms. The van der Waals surface area contributed by atoms with E-state index in [4.69, 9.17) is 11.6 Å². The molecule has 14 heteroatoms. The van der Waals surface area contributed by atoms with E-state index in [9.17, 15) is 18.0 Å². The summed E-state index contributed by atoms with van der Waals surface area (Å²) in [5.74, 6) is -0.826. The van der Waals surface area contributed by atoms with Crippen molar-refractivity contribution < 1.29 is 18.0 Å². The second kappa shape index (κ2) is 10.1. The minimum atomic E-state index is -4.89. The van der Waals surface area contributed by atoms with Gasteiger partial charge in [0.25, 0.3) is 5.91 Å². The second-order valence-electron chi connectivity index (χ2n) is 8.48. The molecule has 1 saturated heterocycles. The first-order valence-corrected chi connectivity index (χ1v) is 11.8. The summed E-state index contributed by atoms with van der Waals surface area (Å²) in [4.78, 5) is 22.7. The van der Waals surface area contributed by atoms with Crippen LogP contribution >= 0.6 is 11.6 Å². The molecule has 1 aliphatic rings. The lowest BCUT2D eigenvalue weighted by molar-refractivity contribution is -0.143. The molecule has 1 aliphatic heterocycles. The number of benzene rings is 1. The number of carbonyl (C=O) groups is 1. The Labute approximate surface area is 224 Å². The molecule has 1 fully saturated rings. The van der Waals surface area contributed by atoms with E-state index in [-0.39, 0.29) is 35.7 Å². The second-order valence-corrected chi connectivity index (χ2v) is 8.89. The molecule has 1 unspecified atom stereocenters. The largest absolute Gasteiger partial charge is 0.434 e. The number of anilines is 1. The molecule has 5 heterocycles. The normalized spacial score (nSPS) is 15.0. The van der Waals surface area contributed by atoms with Crippen LogP contribution in [0.2, 0.25) is 5.02 Å². The van der Waals surface area contributed by atoms with Crippen LogP contribution in [-0.2, 0) is 6.18 Å². The van der Waals surface area contributed by atoms with Crippen molar-refractivity contribution in [2.24, 2.45) is 0 Å². The van der Waals surface area contributed by atoms with Crippen molar-refractivity contribution in [2.75, 3.05) is 11.9 Å². The van der Waals surface area contributed by atoms with Gasteiger partial charge < -0.3 is 10.6 Å². The van der Waals surface area contributed by atoms with E-state index in [0.717, 1.165) is 29.5 Å². The first-order valence-electron chi connectivity index (χ1n) is 11.4. The van der Waals surface area contributed by atoms with Gasteiger partial charge in [0, 0.05) is 17.0 Å². The number of pyridine rings is 2. The summed E-state index contributed by atoms with van der Waals surface area (Å²) >= 11 is 6.22. The number of alkyl halides is 3. The van der Waals surface area contributed by atoms with Gasteiger partial charge in [0.15, 0.2) is 11.5 Å². The van der Waals surface area contributed by atoms with Gasteiger partial charge in [-0.3, -0.25) is 9.78 Å². The molecule has 1 amide bonds. The van der Waals surface area contributed by atoms with E-state index in [2.05, 4.69) is 35.9 Å². The first kappa shape index (κ1) is 26.3. The van der Waals surface area contributed by atoms with Crippen LogP contribution in [0.4, 0.5) is 18.9 Å². The Kier molecular flexibility index (Phi) is 6.78. The van der Waals surface area contributed by atoms with Crippen LogP contribution in [-0.4, -0.2) is 47.2 Å². The number of amides is 1. The van der Waals surface area contributed by atoms with Crippen molar-refractivity contribution in [3.05, 3.63) is 83.3 Å². The summed E-state index contributed by atoms with van der Waals surface area (Å²) in [6, 6.07) is 7.99. The van der Waals surface area contributed by atoms with E-state index < -0.39 is 23.3 Å². The number of halogens is 4. The zero-order chi connectivity index (χ0) is 26.4. The number of nitrogens with zero attached hydrogens (tertiary/aromatic N) is 7. The van der Waals surface area contributed by atoms with E-state index in [1.54, 1.807) is 18.3 Å². The minimum Gasteiger partial charge on any atom is -0.320 e. The molecule has 0 radical (unpaired) electrons. The predicted molar refractivity (Wildman–Crippen MR) is 138 cm³/mol. The number of nitrogens with one attached hydrogen (secondary N) is 2. The topological polar surface area (TPSA) is 115 Å². The molecule has 1 atom stereocenters. The molecule has 5 aromatic rings. The highest BCUT2D eigenvalue weighted by atomic mass is 35.5. The van der Waals surface area contributed by atoms with Gasteiger partial charge in [-0.1, -0.05) is 31.2 Å². The van der Waals surface area contributed by atoms with E-state index in [1.165, 1.54) is 35.5 Å². The number of hydrogen-bond donors (Lipinski definition) is 2. The molecule has 200 valence electrons. The van der Waals surface area contributed by atoms with Gasteiger partial charge in [-0.2, -0.15) is 28.5 Å². The van der Waals surface area contributed by atoms with Crippen molar-refractivity contribution in [3.8, 4) is 11.5 Å². The Morgan fingerprint density at radius 3 is 2.49 bits per heavy atom. The average Bonchev–Trinajstić information content (AvgIpc) is 3.53. The highest BCUT2D eigenvalue weighted by Gasteiger charge is 2.41. The van der Waals surface area contributed by atoms with Gasteiger partial charge >= 0.3 is 6.18 Å². The van der Waals surface area contributed by atoms with Crippen LogP contribution in [0, 0.1) is 0 Å². The number of hydrogen-bond acceptors (Lipinski definition) is 7. The van der Waals surface area contributed by atoms with E-state index in [0.29, 0.717) is 10.8 Å². The third-order valence-electron chi connectivity index (χ3n) is 6.17. The fraction of sp³-hybridized carbons (Fsp3) is 0.200. The quantitative estimate of drug-likeness (QED) is 0.314. The van der Waals surface area contributed by atoms with Gasteiger partial charge in [-0.05, 0) is 31.2 Å². The maximum atomic E-state index is 14.4. The maximum absolute atomic E-state index is 14.4. The lowest BCUT2D eigenvalue weighted by Gasteiger charge is -2.28. The maximum Gasteiger partial charge on any atom is 0.434 e. The summed E-state index contributed by atoms with van der Waals surface area (Å²) in [7, 11) is 0. The number of aromatic nitrogens is 7. The lowest BCUT2D eigenvalue weighted by atomic mass is 9.97. The third kappa shape index (κ3) is 4.70. The summed E-state index contributed by atoms with van der Waals surface area (Å²) in [5.41, 5.74) is -0.840. The fourth-order valence-electron chi connectivity index (χ4n) is 4.34. The van der Waals surface area contributed by atoms with Crippen LogP contribution in [0.15, 0.2) is 61.3 Å². The zero-order valence-corrected chi connectivity index (χ0v) is 20.1. The van der Waals surface area contributed by atoms with Crippen LogP contribution in [0.3, 0.4) is 0 Å². The summed E-state index contributed by atoms with van der Waals surface area (Å²) in [6.45, 7) is 0.849. The van der Waals surface area contributed by atoms with Crippen molar-refractivity contribution >= 4 is 34.0 Å². The number of rotatable bonds is 5. The minimum absolute atomic E-state index is 0. The standard InChI is InChI=1S/C24H17ClF3N9O.CH4/c25-17-10-13(11-31-22(17)37-32-8-9-33-37)35-23(38)16-12-34-36(21(16)24(26,27)28)19-3-1-2-15-14(19)4-6-30-20(15)18-5-7-29-18;/h1-4,6,8-12,18,29H,5,7H2,(H,35,38);1H4. The van der Waals surface area contributed by atoms with Crippen LogP contribution in [0.1, 0.15) is 41.6 Å². The monoisotopic (exact) mass is 555 g/mol. The smallest absolute Gasteiger partial charge is 0.320 e. The first-order chi connectivity index (χ1) is 18.3. The molecule has 2 N–H and O–H groups in total. The van der Waals surface area contributed by atoms with Gasteiger partial charge in [-0.25, -0.2) is 9.67 Å². The Balaban J connectivity index is 0.00000308. The lowest BCUT2D eigenvalue weighted by Crippen LogP contribution is -2.35. The average molecular weight is 556 g/mol. The Bertz CT molecular complexity index is 1660. The third-order valence-corrected chi connectivity index (χ3v) is 6.44. The molecule has 4 aromatic heterocycles. The molecule has 6 rings (SSSR count). The van der Waals surface area contributed by atoms with Crippen molar-refractivity contribution in [2.45, 2.75) is 26.1 Å². The highest BCUT2D eigenvalue weighted by molar-refractivity contribution is 6.32. The molecule has 0 bridgehead atoms. The molecule has 0 spiro atoms. The summed E-state index contributed by atoms with van der Waals surface area (Å²) < 4.78 is 43.8. The van der Waals surface area contributed by atoms with Gasteiger partial charge in [-0.15, -0.1) is 4.80 Å². The summed E-state index contributed by atoms with van der Waals surface area (Å²) in [6.07, 6.45) is 2.56. The zero-order valence-electron chi connectivity index (χ0n) is 19.3. The van der Waals surface area contributed by atoms with Crippen LogP contribution in [0.25, 0.3) is 22.3 Å². The fourth-order valence-corrected chi connectivity index (χ4v) is 4.58. The molecule has 1 aromatic carbocycles. The SMILES string of the molecule is C.O=C(Nc1cnc(-n2nccn2)c(Cl)c1)c1cnn(-c2cccc3c(C4CCN4)nccc23)c1C(F)(F)F. The van der Waals surface area contributed by atoms with Crippen molar-refractivity contribution in [1.29, 1.82) is 0 Å². The van der Waals surface area contributed by atoms with Gasteiger partial charge in [0.1, 0.15) is 0 Å². The molecule has 0 aliphatic carbocycles.